The van der Waals surface area contributed by atoms with Crippen LogP contribution in [0.15, 0.2) is 36.4 Å². The maximum atomic E-state index is 13.5. The van der Waals surface area contributed by atoms with Gasteiger partial charge in [0.15, 0.2) is 0 Å². The highest BCUT2D eigenvalue weighted by Crippen LogP contribution is 2.32. The molecule has 0 fully saturated rings. The molecule has 2 aromatic rings. The third kappa shape index (κ3) is 6.01. The second-order valence-corrected chi connectivity index (χ2v) is 9.70. The van der Waals surface area contributed by atoms with Crippen LogP contribution in [0.25, 0.3) is 0 Å². The van der Waals surface area contributed by atoms with Crippen LogP contribution in [-0.2, 0) is 23.6 Å². The van der Waals surface area contributed by atoms with Crippen molar-refractivity contribution in [3.63, 3.8) is 0 Å². The third-order valence-corrected chi connectivity index (χ3v) is 5.10. The monoisotopic (exact) mass is 425 g/mol. The van der Waals surface area contributed by atoms with Gasteiger partial charge in [0.1, 0.15) is 10.8 Å². The van der Waals surface area contributed by atoms with Gasteiger partial charge in [-0.15, -0.1) is 0 Å². The summed E-state index contributed by atoms with van der Waals surface area (Å²) < 4.78 is 52.2. The van der Waals surface area contributed by atoms with Gasteiger partial charge >= 0.3 is 6.18 Å². The lowest BCUT2D eigenvalue weighted by molar-refractivity contribution is -0.140. The van der Waals surface area contributed by atoms with E-state index in [4.69, 9.17) is 12.2 Å². The summed E-state index contributed by atoms with van der Waals surface area (Å²) >= 11 is 5.51. The second kappa shape index (κ2) is 8.05. The smallest absolute Gasteiger partial charge is 0.372 e. The summed E-state index contributed by atoms with van der Waals surface area (Å²) in [6, 6.07) is 9.17. The fourth-order valence-electron chi connectivity index (χ4n) is 2.81. The standard InChI is InChI=1S/C23H27F4NS/c1-21(2,3)16-10-15(11-17(12-16)22(4,5)6)20(29)28-13-14-7-8-19(24)18(9-14)23(25,26)27/h7-12H,13H2,1-6H3,(H,28,29). The van der Waals surface area contributed by atoms with Gasteiger partial charge in [-0.2, -0.15) is 13.2 Å². The highest BCUT2D eigenvalue weighted by atomic mass is 32.1. The Balaban J connectivity index is 2.30. The summed E-state index contributed by atoms with van der Waals surface area (Å²) in [7, 11) is 0. The first kappa shape index (κ1) is 23.3. The Morgan fingerprint density at radius 3 is 1.83 bits per heavy atom. The average Bonchev–Trinajstić information content (AvgIpc) is 2.57. The van der Waals surface area contributed by atoms with Crippen molar-refractivity contribution >= 4 is 17.2 Å². The molecular formula is C23H27F4NS. The number of thiocarbonyl (C=S) groups is 1. The topological polar surface area (TPSA) is 12.0 Å². The molecule has 0 aliphatic carbocycles. The molecule has 0 aromatic heterocycles. The Morgan fingerprint density at radius 2 is 1.38 bits per heavy atom. The molecule has 0 radical (unpaired) electrons. The Kier molecular flexibility index (Phi) is 6.48. The lowest BCUT2D eigenvalue weighted by Gasteiger charge is -2.26. The van der Waals surface area contributed by atoms with Crippen molar-refractivity contribution in [2.45, 2.75) is 65.1 Å². The third-order valence-electron chi connectivity index (χ3n) is 4.72. The van der Waals surface area contributed by atoms with Gasteiger partial charge in [0.05, 0.1) is 5.56 Å². The molecule has 0 bridgehead atoms. The molecule has 29 heavy (non-hydrogen) atoms. The number of halogens is 4. The van der Waals surface area contributed by atoms with E-state index < -0.39 is 17.6 Å². The van der Waals surface area contributed by atoms with Crippen molar-refractivity contribution in [2.75, 3.05) is 0 Å². The summed E-state index contributed by atoms with van der Waals surface area (Å²) in [6.07, 6.45) is -4.73. The maximum absolute atomic E-state index is 13.5. The molecule has 2 rings (SSSR count). The number of hydrogen-bond donors (Lipinski definition) is 1. The first-order chi connectivity index (χ1) is 13.1. The summed E-state index contributed by atoms with van der Waals surface area (Å²) in [5, 5.41) is 3.01. The van der Waals surface area contributed by atoms with Gasteiger partial charge < -0.3 is 5.32 Å². The summed E-state index contributed by atoms with van der Waals surface area (Å²) in [4.78, 5) is 0.444. The van der Waals surface area contributed by atoms with E-state index >= 15 is 0 Å². The SMILES string of the molecule is CC(C)(C)c1cc(C(=S)NCc2ccc(F)c(C(F)(F)F)c2)cc(C(C)(C)C)c1. The van der Waals surface area contributed by atoms with Crippen LogP contribution in [0, 0.1) is 5.82 Å². The van der Waals surface area contributed by atoms with Crippen molar-refractivity contribution in [3.05, 3.63) is 70.0 Å². The molecule has 0 atom stereocenters. The van der Waals surface area contributed by atoms with E-state index in [2.05, 4.69) is 52.9 Å². The van der Waals surface area contributed by atoms with Gasteiger partial charge in [0, 0.05) is 12.1 Å². The molecule has 1 N–H and O–H groups in total. The molecule has 0 aliphatic rings. The molecule has 2 aromatic carbocycles. The Hall–Kier alpha value is -1.95. The predicted molar refractivity (Wildman–Crippen MR) is 114 cm³/mol. The zero-order valence-electron chi connectivity index (χ0n) is 17.6. The van der Waals surface area contributed by atoms with Crippen molar-refractivity contribution in [1.82, 2.24) is 5.32 Å². The molecule has 0 saturated heterocycles. The van der Waals surface area contributed by atoms with Crippen molar-refractivity contribution < 1.29 is 17.6 Å². The zero-order chi connectivity index (χ0) is 22.2. The highest BCUT2D eigenvalue weighted by Gasteiger charge is 2.34. The van der Waals surface area contributed by atoms with E-state index in [9.17, 15) is 17.6 Å². The fourth-order valence-corrected chi connectivity index (χ4v) is 3.00. The molecule has 0 saturated carbocycles. The van der Waals surface area contributed by atoms with Crippen molar-refractivity contribution in [2.24, 2.45) is 0 Å². The Morgan fingerprint density at radius 1 is 0.862 bits per heavy atom. The quantitative estimate of drug-likeness (QED) is 0.424. The van der Waals surface area contributed by atoms with Crippen LogP contribution in [0.2, 0.25) is 0 Å². The lowest BCUT2D eigenvalue weighted by atomic mass is 9.79. The van der Waals surface area contributed by atoms with Gasteiger partial charge in [0.25, 0.3) is 0 Å². The van der Waals surface area contributed by atoms with E-state index in [0.717, 1.165) is 28.8 Å². The predicted octanol–water partition coefficient (Wildman–Crippen LogP) is 6.90. The van der Waals surface area contributed by atoms with Gasteiger partial charge in [-0.25, -0.2) is 4.39 Å². The van der Waals surface area contributed by atoms with Crippen molar-refractivity contribution in [3.8, 4) is 0 Å². The van der Waals surface area contributed by atoms with Crippen LogP contribution in [-0.4, -0.2) is 4.99 Å². The second-order valence-electron chi connectivity index (χ2n) is 9.29. The largest absolute Gasteiger partial charge is 0.419 e. The molecule has 0 unspecified atom stereocenters. The number of benzene rings is 2. The molecule has 0 aliphatic heterocycles. The van der Waals surface area contributed by atoms with E-state index in [1.807, 2.05) is 12.1 Å². The minimum absolute atomic E-state index is 0.0762. The van der Waals surface area contributed by atoms with Gasteiger partial charge in [0.2, 0.25) is 0 Å². The highest BCUT2D eigenvalue weighted by molar-refractivity contribution is 7.80. The Bertz CT molecular complexity index is 870. The molecule has 158 valence electrons. The van der Waals surface area contributed by atoms with Gasteiger partial charge in [-0.05, 0) is 51.8 Å². The maximum Gasteiger partial charge on any atom is 0.419 e. The fraction of sp³-hybridized carbons (Fsp3) is 0.435. The van der Waals surface area contributed by atoms with E-state index in [1.54, 1.807) is 0 Å². The van der Waals surface area contributed by atoms with Crippen LogP contribution in [0.5, 0.6) is 0 Å². The lowest BCUT2D eigenvalue weighted by Crippen LogP contribution is -2.24. The normalized spacial score (nSPS) is 12.8. The number of alkyl halides is 3. The van der Waals surface area contributed by atoms with Crippen molar-refractivity contribution in [1.29, 1.82) is 0 Å². The first-order valence-electron chi connectivity index (χ1n) is 9.39. The number of rotatable bonds is 3. The van der Waals surface area contributed by atoms with Crippen LogP contribution < -0.4 is 5.32 Å². The van der Waals surface area contributed by atoms with E-state index in [1.165, 1.54) is 6.07 Å². The number of nitrogens with one attached hydrogen (secondary N) is 1. The Labute approximate surface area is 175 Å². The minimum Gasteiger partial charge on any atom is -0.372 e. The van der Waals surface area contributed by atoms with E-state index in [0.29, 0.717) is 10.6 Å². The summed E-state index contributed by atoms with van der Waals surface area (Å²) in [5.74, 6) is -1.28. The molecule has 1 nitrogen and oxygen atoms in total. The minimum atomic E-state index is -4.73. The average molecular weight is 426 g/mol. The molecule has 0 amide bonds. The summed E-state index contributed by atoms with van der Waals surface area (Å²) in [5.41, 5.74) is 1.96. The molecule has 0 heterocycles. The van der Waals surface area contributed by atoms with Crippen LogP contribution in [0.4, 0.5) is 17.6 Å². The van der Waals surface area contributed by atoms with Gasteiger partial charge in [-0.1, -0.05) is 65.9 Å². The zero-order valence-corrected chi connectivity index (χ0v) is 18.4. The van der Waals surface area contributed by atoms with Crippen LogP contribution in [0.3, 0.4) is 0 Å². The number of hydrogen-bond acceptors (Lipinski definition) is 1. The van der Waals surface area contributed by atoms with E-state index in [-0.39, 0.29) is 17.4 Å². The van der Waals surface area contributed by atoms with Gasteiger partial charge in [-0.3, -0.25) is 0 Å². The molecule has 6 heteroatoms. The summed E-state index contributed by atoms with van der Waals surface area (Å²) in [6.45, 7) is 12.8. The first-order valence-corrected chi connectivity index (χ1v) is 9.80. The van der Waals surface area contributed by atoms with Crippen LogP contribution in [0.1, 0.15) is 69.4 Å². The molecular weight excluding hydrogens is 398 g/mol. The van der Waals surface area contributed by atoms with Crippen LogP contribution >= 0.6 is 12.2 Å². The molecule has 0 spiro atoms.